The predicted octanol–water partition coefficient (Wildman–Crippen LogP) is 7.10. The highest BCUT2D eigenvalue weighted by Crippen LogP contribution is 2.49. The van der Waals surface area contributed by atoms with Crippen LogP contribution in [0.15, 0.2) is 60.8 Å². The van der Waals surface area contributed by atoms with Crippen LogP contribution in [-0.4, -0.2) is 62.2 Å². The highest BCUT2D eigenvalue weighted by molar-refractivity contribution is 6.16. The Labute approximate surface area is 279 Å². The van der Waals surface area contributed by atoms with Crippen LogP contribution in [0.1, 0.15) is 44.1 Å². The average molecular weight is 657 g/mol. The number of rotatable bonds is 14. The number of aryl methyl sites for hydroxylation is 1. The third-order valence-electron chi connectivity index (χ3n) is 8.54. The SMILES string of the molecule is Cc1ccc(NC(=O)C2(C(=O)Nc3ccc(Oc4ccnc5cc(OCCCCCCN(C)C)c6c(c45)OCCO6)c(F)c3)CC2)cc1. The molecule has 3 aromatic carbocycles. The largest absolute Gasteiger partial charge is 0.489 e. The molecule has 1 aliphatic heterocycles. The van der Waals surface area contributed by atoms with Crippen molar-refractivity contribution in [3.05, 3.63) is 72.2 Å². The number of nitrogens with one attached hydrogen (secondary N) is 2. The summed E-state index contributed by atoms with van der Waals surface area (Å²) in [6.07, 6.45) is 6.66. The molecular weight excluding hydrogens is 615 g/mol. The van der Waals surface area contributed by atoms with Gasteiger partial charge in [0.05, 0.1) is 17.5 Å². The molecule has 0 saturated heterocycles. The summed E-state index contributed by atoms with van der Waals surface area (Å²) < 4.78 is 39.6. The lowest BCUT2D eigenvalue weighted by Gasteiger charge is -2.23. The quantitative estimate of drug-likeness (QED) is 0.109. The molecule has 1 saturated carbocycles. The number of carbonyl (C=O) groups is 2. The highest BCUT2D eigenvalue weighted by Gasteiger charge is 2.56. The predicted molar refractivity (Wildman–Crippen MR) is 182 cm³/mol. The number of carbonyl (C=O) groups excluding carboxylic acids is 2. The summed E-state index contributed by atoms with van der Waals surface area (Å²) in [5, 5.41) is 6.06. The zero-order chi connectivity index (χ0) is 33.7. The standard InChI is InChI=1S/C37H41FN4O6/c1-24-8-10-25(11-9-24)40-35(43)37(15-16-37)36(44)41-26-12-13-29(27(38)22-26)48-30-14-17-39-28-23-31(33-34(32(28)30)47-21-20-46-33)45-19-7-5-4-6-18-42(2)3/h8-14,17,22-23H,4-7,15-16,18-21H2,1-3H3,(H,40,43)(H,41,44). The molecule has 1 fully saturated rings. The lowest BCUT2D eigenvalue weighted by atomic mass is 10.0. The van der Waals surface area contributed by atoms with Crippen molar-refractivity contribution in [2.75, 3.05) is 51.1 Å². The Morgan fingerprint density at radius 3 is 2.25 bits per heavy atom. The fourth-order valence-electron chi connectivity index (χ4n) is 5.63. The summed E-state index contributed by atoms with van der Waals surface area (Å²) in [7, 11) is 4.16. The van der Waals surface area contributed by atoms with E-state index in [1.807, 2.05) is 19.1 Å². The normalized spacial score (nSPS) is 14.4. The number of halogens is 1. The third kappa shape index (κ3) is 7.46. The second-order valence-electron chi connectivity index (χ2n) is 12.6. The topological polar surface area (TPSA) is 111 Å². The van der Waals surface area contributed by atoms with Crippen LogP contribution >= 0.6 is 0 Å². The second-order valence-corrected chi connectivity index (χ2v) is 12.6. The Kier molecular flexibility index (Phi) is 9.95. The smallest absolute Gasteiger partial charge is 0.240 e. The molecule has 1 aliphatic carbocycles. The van der Waals surface area contributed by atoms with Gasteiger partial charge in [0.15, 0.2) is 23.1 Å². The van der Waals surface area contributed by atoms with Crippen LogP contribution < -0.4 is 29.6 Å². The van der Waals surface area contributed by atoms with Gasteiger partial charge in [0.1, 0.15) is 24.4 Å². The van der Waals surface area contributed by atoms with Gasteiger partial charge in [-0.15, -0.1) is 0 Å². The van der Waals surface area contributed by atoms with Gasteiger partial charge in [0, 0.05) is 29.7 Å². The molecule has 48 heavy (non-hydrogen) atoms. The fraction of sp³-hybridized carbons (Fsp3) is 0.378. The zero-order valence-electron chi connectivity index (χ0n) is 27.6. The van der Waals surface area contributed by atoms with E-state index in [1.165, 1.54) is 18.2 Å². The van der Waals surface area contributed by atoms with Crippen molar-refractivity contribution in [3.63, 3.8) is 0 Å². The van der Waals surface area contributed by atoms with E-state index in [0.29, 0.717) is 72.3 Å². The van der Waals surface area contributed by atoms with Crippen LogP contribution in [0.25, 0.3) is 10.9 Å². The van der Waals surface area contributed by atoms with E-state index in [-0.39, 0.29) is 17.3 Å². The maximum atomic E-state index is 15.4. The van der Waals surface area contributed by atoms with E-state index in [9.17, 15) is 9.59 Å². The van der Waals surface area contributed by atoms with E-state index in [4.69, 9.17) is 18.9 Å². The monoisotopic (exact) mass is 656 g/mol. The van der Waals surface area contributed by atoms with Crippen molar-refractivity contribution in [3.8, 4) is 28.7 Å². The van der Waals surface area contributed by atoms with Crippen molar-refractivity contribution >= 4 is 34.1 Å². The number of hydrogen-bond acceptors (Lipinski definition) is 8. The summed E-state index contributed by atoms with van der Waals surface area (Å²) in [5.41, 5.74) is 1.26. The van der Waals surface area contributed by atoms with Gasteiger partial charge in [-0.2, -0.15) is 0 Å². The molecule has 6 rings (SSSR count). The van der Waals surface area contributed by atoms with Crippen molar-refractivity contribution in [2.45, 2.75) is 45.4 Å². The minimum atomic E-state index is -1.19. The van der Waals surface area contributed by atoms with E-state index < -0.39 is 17.1 Å². The molecule has 11 heteroatoms. The molecular formula is C37H41FN4O6. The van der Waals surface area contributed by atoms with Gasteiger partial charge in [-0.3, -0.25) is 14.6 Å². The van der Waals surface area contributed by atoms with Crippen LogP contribution in [0, 0.1) is 18.2 Å². The maximum Gasteiger partial charge on any atom is 0.240 e. The van der Waals surface area contributed by atoms with Crippen LogP contribution in [-0.2, 0) is 9.59 Å². The Hall–Kier alpha value is -4.90. The summed E-state index contributed by atoms with van der Waals surface area (Å²) in [5.74, 6) is 0.169. The number of nitrogens with zero attached hydrogens (tertiary/aromatic N) is 2. The molecule has 4 aromatic rings. The summed E-state index contributed by atoms with van der Waals surface area (Å²) >= 11 is 0. The van der Waals surface area contributed by atoms with Crippen molar-refractivity contribution in [1.29, 1.82) is 0 Å². The summed E-state index contributed by atoms with van der Waals surface area (Å²) in [4.78, 5) is 32.8. The highest BCUT2D eigenvalue weighted by atomic mass is 19.1. The zero-order valence-corrected chi connectivity index (χ0v) is 27.6. The third-order valence-corrected chi connectivity index (χ3v) is 8.54. The van der Waals surface area contributed by atoms with E-state index >= 15 is 4.39 Å². The lowest BCUT2D eigenvalue weighted by Crippen LogP contribution is -2.35. The number of unbranched alkanes of at least 4 members (excludes halogenated alkanes) is 3. The van der Waals surface area contributed by atoms with Crippen molar-refractivity contribution < 1.29 is 32.9 Å². The van der Waals surface area contributed by atoms with Gasteiger partial charge < -0.3 is 34.5 Å². The first-order valence-electron chi connectivity index (χ1n) is 16.4. The van der Waals surface area contributed by atoms with Gasteiger partial charge in [-0.1, -0.05) is 30.5 Å². The van der Waals surface area contributed by atoms with Gasteiger partial charge >= 0.3 is 0 Å². The van der Waals surface area contributed by atoms with Crippen LogP contribution in [0.4, 0.5) is 15.8 Å². The Balaban J connectivity index is 1.13. The molecule has 10 nitrogen and oxygen atoms in total. The summed E-state index contributed by atoms with van der Waals surface area (Å²) in [6.45, 7) is 4.26. The molecule has 0 radical (unpaired) electrons. The maximum absolute atomic E-state index is 15.4. The van der Waals surface area contributed by atoms with Crippen LogP contribution in [0.3, 0.4) is 0 Å². The second kappa shape index (κ2) is 14.5. The number of aromatic nitrogens is 1. The van der Waals surface area contributed by atoms with Crippen molar-refractivity contribution in [2.24, 2.45) is 5.41 Å². The molecule has 252 valence electrons. The van der Waals surface area contributed by atoms with E-state index in [0.717, 1.165) is 37.8 Å². The molecule has 0 spiro atoms. The number of anilines is 2. The molecule has 2 heterocycles. The Morgan fingerprint density at radius 2 is 1.54 bits per heavy atom. The van der Waals surface area contributed by atoms with Gasteiger partial charge in [-0.05, 0) is 83.6 Å². The Morgan fingerprint density at radius 1 is 0.854 bits per heavy atom. The number of pyridine rings is 1. The molecule has 0 unspecified atom stereocenters. The van der Waals surface area contributed by atoms with Gasteiger partial charge in [0.2, 0.25) is 17.6 Å². The Bertz CT molecular complexity index is 1790. The molecule has 1 aromatic heterocycles. The fourth-order valence-corrected chi connectivity index (χ4v) is 5.63. The van der Waals surface area contributed by atoms with E-state index in [2.05, 4.69) is 34.6 Å². The number of amides is 2. The first-order chi connectivity index (χ1) is 23.2. The van der Waals surface area contributed by atoms with Gasteiger partial charge in [0.25, 0.3) is 0 Å². The number of fused-ring (bicyclic) bond motifs is 3. The van der Waals surface area contributed by atoms with Crippen molar-refractivity contribution in [1.82, 2.24) is 9.88 Å². The number of ether oxygens (including phenoxy) is 4. The number of benzene rings is 3. The molecule has 2 amide bonds. The number of hydrogen-bond donors (Lipinski definition) is 2. The minimum Gasteiger partial charge on any atom is -0.489 e. The molecule has 2 N–H and O–H groups in total. The van der Waals surface area contributed by atoms with E-state index in [1.54, 1.807) is 30.5 Å². The van der Waals surface area contributed by atoms with Crippen LogP contribution in [0.5, 0.6) is 28.7 Å². The summed E-state index contributed by atoms with van der Waals surface area (Å²) in [6, 6.07) is 14.9. The first kappa shape index (κ1) is 33.0. The average Bonchev–Trinajstić information content (AvgIpc) is 3.89. The lowest BCUT2D eigenvalue weighted by molar-refractivity contribution is -0.131. The molecule has 0 bridgehead atoms. The first-order valence-corrected chi connectivity index (χ1v) is 16.4. The minimum absolute atomic E-state index is 0.0566. The van der Waals surface area contributed by atoms with Gasteiger partial charge in [-0.25, -0.2) is 4.39 Å². The molecule has 0 atom stereocenters. The molecule has 2 aliphatic rings. The van der Waals surface area contributed by atoms with Crippen LogP contribution in [0.2, 0.25) is 0 Å².